The second kappa shape index (κ2) is 5.97. The summed E-state index contributed by atoms with van der Waals surface area (Å²) in [5, 5.41) is 7.01. The van der Waals surface area contributed by atoms with Gasteiger partial charge >= 0.3 is 0 Å². The summed E-state index contributed by atoms with van der Waals surface area (Å²) in [6.45, 7) is 0. The van der Waals surface area contributed by atoms with Crippen molar-refractivity contribution in [2.45, 2.75) is 50.2 Å². The molecule has 6 aliphatic rings. The van der Waals surface area contributed by atoms with Gasteiger partial charge in [0.1, 0.15) is 0 Å². The van der Waals surface area contributed by atoms with Crippen LogP contribution in [0.15, 0.2) is 54.7 Å². The zero-order chi connectivity index (χ0) is 18.7. The summed E-state index contributed by atoms with van der Waals surface area (Å²) < 4.78 is 0. The van der Waals surface area contributed by atoms with Crippen molar-refractivity contribution in [3.63, 3.8) is 0 Å². The van der Waals surface area contributed by atoms with Gasteiger partial charge in [0.25, 0.3) is 5.91 Å². The fourth-order valence-electron chi connectivity index (χ4n) is 6.70. The Morgan fingerprint density at radius 1 is 1.14 bits per heavy atom. The highest BCUT2D eigenvalue weighted by molar-refractivity contribution is 5.88. The zero-order valence-electron chi connectivity index (χ0n) is 16.0. The first-order valence-corrected chi connectivity index (χ1v) is 10.6. The van der Waals surface area contributed by atoms with Crippen LogP contribution in [0.5, 0.6) is 0 Å². The van der Waals surface area contributed by atoms with Gasteiger partial charge in [0.05, 0.1) is 11.4 Å². The molecule has 0 radical (unpaired) electrons. The van der Waals surface area contributed by atoms with Crippen molar-refractivity contribution in [3.05, 3.63) is 60.2 Å². The van der Waals surface area contributed by atoms with E-state index < -0.39 is 6.17 Å². The van der Waals surface area contributed by atoms with Gasteiger partial charge in [0.15, 0.2) is 6.17 Å². The van der Waals surface area contributed by atoms with Crippen LogP contribution >= 0.6 is 0 Å². The Morgan fingerprint density at radius 2 is 1.89 bits per heavy atom. The highest BCUT2D eigenvalue weighted by Gasteiger charge is 2.52. The van der Waals surface area contributed by atoms with Crippen molar-refractivity contribution in [1.29, 1.82) is 0 Å². The third-order valence-corrected chi connectivity index (χ3v) is 7.33. The van der Waals surface area contributed by atoms with Crippen LogP contribution in [0.25, 0.3) is 5.70 Å². The van der Waals surface area contributed by atoms with Crippen molar-refractivity contribution in [2.75, 3.05) is 0 Å². The number of aromatic nitrogens is 1. The van der Waals surface area contributed by atoms with Gasteiger partial charge in [0.2, 0.25) is 0 Å². The van der Waals surface area contributed by atoms with E-state index in [1.165, 1.54) is 38.5 Å². The average molecular weight is 374 g/mol. The second-order valence-corrected chi connectivity index (χ2v) is 9.34. The lowest BCUT2D eigenvalue weighted by Crippen LogP contribution is -2.63. The van der Waals surface area contributed by atoms with Crippen molar-refractivity contribution in [2.24, 2.45) is 17.8 Å². The summed E-state index contributed by atoms with van der Waals surface area (Å²) in [6.07, 6.45) is 18.9. The Morgan fingerprint density at radius 3 is 2.57 bits per heavy atom. The van der Waals surface area contributed by atoms with E-state index in [4.69, 9.17) is 0 Å². The maximum atomic E-state index is 13.4. The molecule has 4 fully saturated rings. The third-order valence-electron chi connectivity index (χ3n) is 7.33. The molecule has 1 unspecified atom stereocenters. The number of rotatable bonds is 3. The second-order valence-electron chi connectivity index (χ2n) is 9.34. The summed E-state index contributed by atoms with van der Waals surface area (Å²) >= 11 is 0. The molecule has 1 aromatic rings. The van der Waals surface area contributed by atoms with Crippen molar-refractivity contribution in [1.82, 2.24) is 20.5 Å². The number of fused-ring (bicyclic) bond motifs is 1. The number of carbonyl (C=O) groups is 1. The van der Waals surface area contributed by atoms with Crippen molar-refractivity contribution in [3.8, 4) is 0 Å². The predicted octanol–water partition coefficient (Wildman–Crippen LogP) is 3.15. The number of pyridine rings is 1. The molecule has 5 heteroatoms. The molecule has 0 spiro atoms. The Bertz CT molecular complexity index is 865. The van der Waals surface area contributed by atoms with E-state index in [-0.39, 0.29) is 11.4 Å². The van der Waals surface area contributed by atoms with Crippen LogP contribution in [0.4, 0.5) is 0 Å². The highest BCUT2D eigenvalue weighted by Crippen LogP contribution is 2.55. The minimum Gasteiger partial charge on any atom is -0.355 e. The van der Waals surface area contributed by atoms with Gasteiger partial charge in [-0.3, -0.25) is 9.78 Å². The van der Waals surface area contributed by atoms with E-state index in [2.05, 4.69) is 26.6 Å². The number of nitrogens with zero attached hydrogens (tertiary/aromatic N) is 2. The predicted molar refractivity (Wildman–Crippen MR) is 107 cm³/mol. The molecule has 7 rings (SSSR count). The van der Waals surface area contributed by atoms with E-state index in [1.807, 2.05) is 36.7 Å². The number of hydrogen-bond acceptors (Lipinski definition) is 4. The van der Waals surface area contributed by atoms with Gasteiger partial charge < -0.3 is 15.5 Å². The van der Waals surface area contributed by atoms with Crippen LogP contribution in [-0.2, 0) is 4.79 Å². The molecule has 0 saturated heterocycles. The van der Waals surface area contributed by atoms with Gasteiger partial charge in [-0.1, -0.05) is 6.08 Å². The maximum absolute atomic E-state index is 13.4. The average Bonchev–Trinajstić information content (AvgIpc) is 3.07. The van der Waals surface area contributed by atoms with Gasteiger partial charge in [0, 0.05) is 29.7 Å². The smallest absolute Gasteiger partial charge is 0.264 e. The molecular formula is C23H26N4O. The SMILES string of the molecule is O=C(NC12CC3CC(CC(C3)C1)C2)C1NC(c2cccnc2)=C2C=CC=CN21. The molecule has 1 aromatic heterocycles. The molecule has 2 N–H and O–H groups in total. The highest BCUT2D eigenvalue weighted by atomic mass is 16.2. The van der Waals surface area contributed by atoms with Crippen LogP contribution in [-0.4, -0.2) is 27.5 Å². The van der Waals surface area contributed by atoms with E-state index in [0.29, 0.717) is 0 Å². The van der Waals surface area contributed by atoms with Gasteiger partial charge in [-0.15, -0.1) is 0 Å². The van der Waals surface area contributed by atoms with Crippen molar-refractivity contribution >= 4 is 11.6 Å². The van der Waals surface area contributed by atoms with E-state index in [0.717, 1.165) is 34.7 Å². The molecule has 3 heterocycles. The summed E-state index contributed by atoms with van der Waals surface area (Å²) in [5.41, 5.74) is 3.04. The Hall–Kier alpha value is -2.56. The molecule has 28 heavy (non-hydrogen) atoms. The Kier molecular flexibility index (Phi) is 3.49. The monoisotopic (exact) mass is 374 g/mol. The molecule has 0 aromatic carbocycles. The van der Waals surface area contributed by atoms with Crippen LogP contribution in [0.2, 0.25) is 0 Å². The molecule has 1 atom stereocenters. The number of allylic oxidation sites excluding steroid dienone is 3. The minimum atomic E-state index is -0.403. The fraction of sp³-hybridized carbons (Fsp3) is 0.478. The Balaban J connectivity index is 1.26. The molecule has 4 saturated carbocycles. The van der Waals surface area contributed by atoms with E-state index >= 15 is 0 Å². The normalized spacial score (nSPS) is 37.2. The first-order valence-electron chi connectivity index (χ1n) is 10.6. The van der Waals surface area contributed by atoms with E-state index in [1.54, 1.807) is 6.20 Å². The molecule has 4 aliphatic carbocycles. The largest absolute Gasteiger partial charge is 0.355 e. The molecule has 1 amide bonds. The summed E-state index contributed by atoms with van der Waals surface area (Å²) in [6, 6.07) is 3.96. The molecule has 144 valence electrons. The number of nitrogens with one attached hydrogen (secondary N) is 2. The molecular weight excluding hydrogens is 348 g/mol. The maximum Gasteiger partial charge on any atom is 0.264 e. The zero-order valence-corrected chi connectivity index (χ0v) is 16.0. The number of carbonyl (C=O) groups excluding carboxylic acids is 1. The van der Waals surface area contributed by atoms with Gasteiger partial charge in [-0.25, -0.2) is 0 Å². The molecule has 4 bridgehead atoms. The van der Waals surface area contributed by atoms with Crippen LogP contribution in [0.3, 0.4) is 0 Å². The topological polar surface area (TPSA) is 57.3 Å². The quantitative estimate of drug-likeness (QED) is 0.853. The fourth-order valence-corrected chi connectivity index (χ4v) is 6.70. The standard InChI is InChI=1S/C23H26N4O/c28-22(26-23-11-15-8-16(12-23)10-17(9-15)13-23)21-25-20(18-4-3-6-24-14-18)19-5-1-2-7-27(19)21/h1-7,14-17,21,25H,8-13H2,(H,26,28). The van der Waals surface area contributed by atoms with E-state index in [9.17, 15) is 4.79 Å². The van der Waals surface area contributed by atoms with Crippen LogP contribution < -0.4 is 10.6 Å². The summed E-state index contributed by atoms with van der Waals surface area (Å²) in [5.74, 6) is 2.56. The van der Waals surface area contributed by atoms with Crippen LogP contribution in [0.1, 0.15) is 44.1 Å². The lowest BCUT2D eigenvalue weighted by atomic mass is 9.53. The number of amides is 1. The van der Waals surface area contributed by atoms with Gasteiger partial charge in [-0.05, 0) is 80.6 Å². The third kappa shape index (κ3) is 2.52. The van der Waals surface area contributed by atoms with Crippen LogP contribution in [0, 0.1) is 17.8 Å². The van der Waals surface area contributed by atoms with Gasteiger partial charge in [-0.2, -0.15) is 0 Å². The molecule has 2 aliphatic heterocycles. The Labute approximate surface area is 165 Å². The molecule has 5 nitrogen and oxygen atoms in total. The minimum absolute atomic E-state index is 0.0279. The first-order chi connectivity index (χ1) is 13.7. The summed E-state index contributed by atoms with van der Waals surface area (Å²) in [4.78, 5) is 19.7. The lowest BCUT2D eigenvalue weighted by Gasteiger charge is -2.57. The first kappa shape index (κ1) is 16.4. The lowest BCUT2D eigenvalue weighted by molar-refractivity contribution is -0.131. The number of hydrogen-bond donors (Lipinski definition) is 2. The van der Waals surface area contributed by atoms with Crippen molar-refractivity contribution < 1.29 is 4.79 Å². The summed E-state index contributed by atoms with van der Waals surface area (Å²) in [7, 11) is 0.